The molecule has 2 aliphatic rings. The van der Waals surface area contributed by atoms with E-state index in [9.17, 15) is 5.11 Å². The molecule has 0 saturated carbocycles. The zero-order valence-corrected chi connectivity index (χ0v) is 9.64. The standard InChI is InChI=1S/C10H12Cl2O3/c1-2-3-9(13)6-10(8(12)7(9)11)14-4-5-15-10/h2,13H,1,3-6H2/t9-/m0/s1. The fourth-order valence-corrected chi connectivity index (χ4v) is 2.64. The van der Waals surface area contributed by atoms with Crippen LogP contribution in [0.4, 0.5) is 0 Å². The van der Waals surface area contributed by atoms with Gasteiger partial charge in [-0.25, -0.2) is 0 Å². The Morgan fingerprint density at radius 2 is 1.93 bits per heavy atom. The fraction of sp³-hybridized carbons (Fsp3) is 0.600. The predicted molar refractivity (Wildman–Crippen MR) is 57.7 cm³/mol. The van der Waals surface area contributed by atoms with Gasteiger partial charge in [0.15, 0.2) is 0 Å². The lowest BCUT2D eigenvalue weighted by Gasteiger charge is -2.26. The summed E-state index contributed by atoms with van der Waals surface area (Å²) in [7, 11) is 0. The number of ether oxygens (including phenoxy) is 2. The lowest BCUT2D eigenvalue weighted by molar-refractivity contribution is -0.141. The molecule has 84 valence electrons. The smallest absolute Gasteiger partial charge is 0.210 e. The summed E-state index contributed by atoms with van der Waals surface area (Å²) in [6.45, 7) is 4.50. The van der Waals surface area contributed by atoms with Crippen molar-refractivity contribution in [2.75, 3.05) is 13.2 Å². The lowest BCUT2D eigenvalue weighted by atomic mass is 9.97. The molecular weight excluding hydrogens is 239 g/mol. The maximum absolute atomic E-state index is 10.3. The molecule has 5 heteroatoms. The average molecular weight is 251 g/mol. The molecule has 2 rings (SSSR count). The van der Waals surface area contributed by atoms with E-state index in [1.807, 2.05) is 0 Å². The van der Waals surface area contributed by atoms with Gasteiger partial charge < -0.3 is 14.6 Å². The van der Waals surface area contributed by atoms with Crippen LogP contribution in [0.3, 0.4) is 0 Å². The van der Waals surface area contributed by atoms with Gasteiger partial charge in [-0.1, -0.05) is 29.3 Å². The van der Waals surface area contributed by atoms with Crippen LogP contribution in [0.1, 0.15) is 12.8 Å². The van der Waals surface area contributed by atoms with Crippen LogP contribution in [-0.4, -0.2) is 29.7 Å². The van der Waals surface area contributed by atoms with Gasteiger partial charge in [-0.05, 0) is 6.42 Å². The number of hydrogen-bond donors (Lipinski definition) is 1. The second-order valence-electron chi connectivity index (χ2n) is 3.78. The Bertz CT molecular complexity index is 321. The van der Waals surface area contributed by atoms with E-state index in [1.165, 1.54) is 0 Å². The third-order valence-corrected chi connectivity index (χ3v) is 3.81. The molecule has 0 aromatic carbocycles. The second kappa shape index (κ2) is 3.75. The molecule has 1 heterocycles. The Kier molecular flexibility index (Phi) is 2.86. The van der Waals surface area contributed by atoms with Gasteiger partial charge in [0, 0.05) is 6.42 Å². The van der Waals surface area contributed by atoms with Crippen molar-refractivity contribution in [1.29, 1.82) is 0 Å². The summed E-state index contributed by atoms with van der Waals surface area (Å²) in [4.78, 5) is 0. The van der Waals surface area contributed by atoms with Gasteiger partial charge in [-0.15, -0.1) is 6.58 Å². The van der Waals surface area contributed by atoms with E-state index >= 15 is 0 Å². The summed E-state index contributed by atoms with van der Waals surface area (Å²) in [5.74, 6) is -1.03. The molecular formula is C10H12Cl2O3. The molecule has 1 fully saturated rings. The largest absolute Gasteiger partial charge is 0.384 e. The summed E-state index contributed by atoms with van der Waals surface area (Å²) in [5, 5.41) is 10.7. The van der Waals surface area contributed by atoms with E-state index in [-0.39, 0.29) is 16.5 Å². The van der Waals surface area contributed by atoms with Crippen molar-refractivity contribution in [2.24, 2.45) is 0 Å². The molecule has 3 nitrogen and oxygen atoms in total. The van der Waals surface area contributed by atoms with Crippen LogP contribution < -0.4 is 0 Å². The van der Waals surface area contributed by atoms with Gasteiger partial charge in [-0.2, -0.15) is 0 Å². The minimum Gasteiger partial charge on any atom is -0.384 e. The van der Waals surface area contributed by atoms with E-state index in [2.05, 4.69) is 6.58 Å². The Morgan fingerprint density at radius 3 is 2.47 bits per heavy atom. The number of rotatable bonds is 2. The van der Waals surface area contributed by atoms with E-state index in [1.54, 1.807) is 6.08 Å². The van der Waals surface area contributed by atoms with Crippen molar-refractivity contribution in [2.45, 2.75) is 24.2 Å². The highest BCUT2D eigenvalue weighted by Crippen LogP contribution is 2.51. The van der Waals surface area contributed by atoms with Crippen molar-refractivity contribution in [3.63, 3.8) is 0 Å². The Morgan fingerprint density at radius 1 is 1.33 bits per heavy atom. The first-order chi connectivity index (χ1) is 7.04. The van der Waals surface area contributed by atoms with Crippen molar-refractivity contribution in [1.82, 2.24) is 0 Å². The van der Waals surface area contributed by atoms with Crippen LogP contribution >= 0.6 is 23.2 Å². The minimum atomic E-state index is -1.20. The van der Waals surface area contributed by atoms with Gasteiger partial charge in [0.1, 0.15) is 5.60 Å². The molecule has 1 aliphatic carbocycles. The molecule has 0 aromatic heterocycles. The summed E-state index contributed by atoms with van der Waals surface area (Å²) in [6.07, 6.45) is 2.15. The minimum absolute atomic E-state index is 0.200. The van der Waals surface area contributed by atoms with Gasteiger partial charge in [0.2, 0.25) is 5.79 Å². The van der Waals surface area contributed by atoms with Gasteiger partial charge in [0.05, 0.1) is 23.3 Å². The predicted octanol–water partition coefficient (Wildman–Crippen LogP) is 2.13. The maximum atomic E-state index is 10.3. The molecule has 0 radical (unpaired) electrons. The highest BCUT2D eigenvalue weighted by atomic mass is 35.5. The summed E-state index contributed by atoms with van der Waals surface area (Å²) < 4.78 is 10.9. The van der Waals surface area contributed by atoms with E-state index in [0.717, 1.165) is 0 Å². The Balaban J connectivity index is 2.33. The lowest BCUT2D eigenvalue weighted by Crippen LogP contribution is -2.35. The molecule has 1 saturated heterocycles. The molecule has 0 unspecified atom stereocenters. The monoisotopic (exact) mass is 250 g/mol. The molecule has 0 aromatic rings. The summed E-state index contributed by atoms with van der Waals surface area (Å²) >= 11 is 12.1. The quantitative estimate of drug-likeness (QED) is 0.764. The third kappa shape index (κ3) is 1.63. The first-order valence-corrected chi connectivity index (χ1v) is 5.47. The van der Waals surface area contributed by atoms with E-state index in [4.69, 9.17) is 32.7 Å². The SMILES string of the molecule is C=CC[C@]1(O)CC2(OCCO2)C(Cl)=C1Cl. The third-order valence-electron chi connectivity index (χ3n) is 2.70. The van der Waals surface area contributed by atoms with Crippen molar-refractivity contribution >= 4 is 23.2 Å². The zero-order valence-electron chi connectivity index (χ0n) is 8.13. The fourth-order valence-electron chi connectivity index (χ4n) is 2.00. The van der Waals surface area contributed by atoms with Crippen LogP contribution in [0.15, 0.2) is 22.7 Å². The molecule has 0 amide bonds. The van der Waals surface area contributed by atoms with E-state index < -0.39 is 11.4 Å². The first kappa shape index (κ1) is 11.4. The number of aliphatic hydroxyl groups is 1. The van der Waals surface area contributed by atoms with Crippen LogP contribution in [0.25, 0.3) is 0 Å². The molecule has 1 aliphatic heterocycles. The van der Waals surface area contributed by atoms with E-state index in [0.29, 0.717) is 19.6 Å². The van der Waals surface area contributed by atoms with Crippen LogP contribution in [0, 0.1) is 0 Å². The Labute approximate surface area is 98.3 Å². The highest BCUT2D eigenvalue weighted by Gasteiger charge is 2.56. The van der Waals surface area contributed by atoms with Crippen LogP contribution in [0.5, 0.6) is 0 Å². The molecule has 1 N–H and O–H groups in total. The zero-order chi connectivity index (χ0) is 11.1. The van der Waals surface area contributed by atoms with Gasteiger partial charge in [-0.3, -0.25) is 0 Å². The average Bonchev–Trinajstić information content (AvgIpc) is 2.70. The van der Waals surface area contributed by atoms with Crippen molar-refractivity contribution < 1.29 is 14.6 Å². The molecule has 0 bridgehead atoms. The second-order valence-corrected chi connectivity index (χ2v) is 4.53. The molecule has 1 spiro atoms. The van der Waals surface area contributed by atoms with Gasteiger partial charge >= 0.3 is 0 Å². The van der Waals surface area contributed by atoms with Crippen molar-refractivity contribution in [3.05, 3.63) is 22.7 Å². The normalized spacial score (nSPS) is 34.1. The maximum Gasteiger partial charge on any atom is 0.210 e. The highest BCUT2D eigenvalue weighted by molar-refractivity contribution is 6.41. The Hall–Kier alpha value is -0.0600. The first-order valence-electron chi connectivity index (χ1n) is 4.71. The summed E-state index contributed by atoms with van der Waals surface area (Å²) in [6, 6.07) is 0. The molecule has 15 heavy (non-hydrogen) atoms. The number of hydrogen-bond acceptors (Lipinski definition) is 3. The van der Waals surface area contributed by atoms with Crippen LogP contribution in [0.2, 0.25) is 0 Å². The molecule has 1 atom stereocenters. The van der Waals surface area contributed by atoms with Crippen LogP contribution in [-0.2, 0) is 9.47 Å². The summed E-state index contributed by atoms with van der Waals surface area (Å²) in [5.41, 5.74) is -1.20. The van der Waals surface area contributed by atoms with Gasteiger partial charge in [0.25, 0.3) is 0 Å². The van der Waals surface area contributed by atoms with Crippen molar-refractivity contribution in [3.8, 4) is 0 Å². The number of halogens is 2. The topological polar surface area (TPSA) is 38.7 Å².